The van der Waals surface area contributed by atoms with Gasteiger partial charge in [-0.1, -0.05) is 30.7 Å². The smallest absolute Gasteiger partial charge is 0.244 e. The summed E-state index contributed by atoms with van der Waals surface area (Å²) in [4.78, 5) is 27.9. The number of amides is 2. The van der Waals surface area contributed by atoms with E-state index in [0.717, 1.165) is 22.5 Å². The number of methoxy groups -OCH3 is 2. The molecule has 0 aromatic heterocycles. The van der Waals surface area contributed by atoms with Crippen LogP contribution in [0.15, 0.2) is 42.5 Å². The van der Waals surface area contributed by atoms with E-state index < -0.39 is 28.5 Å². The van der Waals surface area contributed by atoms with Gasteiger partial charge >= 0.3 is 0 Å². The maximum atomic E-state index is 13.6. The zero-order valence-electron chi connectivity index (χ0n) is 21.4. The van der Waals surface area contributed by atoms with Gasteiger partial charge in [0.15, 0.2) is 0 Å². The van der Waals surface area contributed by atoms with Gasteiger partial charge in [0, 0.05) is 23.7 Å². The Morgan fingerprint density at radius 2 is 1.69 bits per heavy atom. The number of hydrogen-bond donors (Lipinski definition) is 1. The van der Waals surface area contributed by atoms with Gasteiger partial charge in [0.05, 0.1) is 26.2 Å². The minimum absolute atomic E-state index is 0.0813. The fourth-order valence-corrected chi connectivity index (χ4v) is 4.39. The summed E-state index contributed by atoms with van der Waals surface area (Å²) in [6.07, 6.45) is 1.73. The van der Waals surface area contributed by atoms with E-state index in [0.29, 0.717) is 10.8 Å². The van der Waals surface area contributed by atoms with Gasteiger partial charge in [-0.05, 0) is 50.1 Å². The van der Waals surface area contributed by atoms with Crippen LogP contribution in [0.3, 0.4) is 0 Å². The number of sulfonamides is 1. The van der Waals surface area contributed by atoms with Crippen LogP contribution in [0.5, 0.6) is 11.5 Å². The first-order valence-electron chi connectivity index (χ1n) is 11.4. The summed E-state index contributed by atoms with van der Waals surface area (Å²) in [6.45, 7) is 4.96. The number of hydrogen-bond acceptors (Lipinski definition) is 6. The summed E-state index contributed by atoms with van der Waals surface area (Å²) < 4.78 is 37.2. The molecule has 36 heavy (non-hydrogen) atoms. The summed E-state index contributed by atoms with van der Waals surface area (Å²) in [5.41, 5.74) is 0.886. The molecule has 0 fully saturated rings. The van der Waals surface area contributed by atoms with Crippen molar-refractivity contribution in [3.05, 3.63) is 53.1 Å². The lowest BCUT2D eigenvalue weighted by molar-refractivity contribution is -0.139. The van der Waals surface area contributed by atoms with Crippen LogP contribution in [0.2, 0.25) is 5.02 Å². The summed E-state index contributed by atoms with van der Waals surface area (Å²) in [7, 11) is -1.06. The monoisotopic (exact) mass is 539 g/mol. The topological polar surface area (TPSA) is 105 Å². The Balaban J connectivity index is 2.47. The van der Waals surface area contributed by atoms with Gasteiger partial charge in [0.1, 0.15) is 24.1 Å². The van der Waals surface area contributed by atoms with E-state index in [1.54, 1.807) is 43.3 Å². The van der Waals surface area contributed by atoms with E-state index in [4.69, 9.17) is 21.1 Å². The lowest BCUT2D eigenvalue weighted by atomic mass is 10.1. The summed E-state index contributed by atoms with van der Waals surface area (Å²) in [5.74, 6) is -0.254. The van der Waals surface area contributed by atoms with Crippen molar-refractivity contribution in [2.75, 3.05) is 31.3 Å². The maximum Gasteiger partial charge on any atom is 0.244 e. The molecule has 0 heterocycles. The van der Waals surface area contributed by atoms with Crippen molar-refractivity contribution in [3.8, 4) is 11.5 Å². The molecule has 0 spiro atoms. The fourth-order valence-electron chi connectivity index (χ4n) is 3.42. The largest absolute Gasteiger partial charge is 0.497 e. The molecular weight excluding hydrogens is 506 g/mol. The van der Waals surface area contributed by atoms with E-state index in [1.807, 2.05) is 13.8 Å². The molecule has 2 aromatic rings. The predicted octanol–water partition coefficient (Wildman–Crippen LogP) is 3.46. The lowest BCUT2D eigenvalue weighted by Crippen LogP contribution is -2.52. The SMILES string of the molecule is CC[C@@H](C)NC(=O)[C@@H](C)N(Cc1ccc(Cl)cc1)C(=O)CN(c1cc(OC)ccc1OC)S(C)(=O)=O. The molecule has 2 aromatic carbocycles. The molecule has 11 heteroatoms. The Morgan fingerprint density at radius 3 is 2.22 bits per heavy atom. The zero-order chi connectivity index (χ0) is 27.0. The molecule has 0 bridgehead atoms. The number of halogens is 1. The molecule has 198 valence electrons. The second-order valence-corrected chi connectivity index (χ2v) is 10.8. The Labute approximate surface area is 218 Å². The third-order valence-electron chi connectivity index (χ3n) is 5.77. The van der Waals surface area contributed by atoms with Crippen molar-refractivity contribution in [3.63, 3.8) is 0 Å². The van der Waals surface area contributed by atoms with E-state index in [-0.39, 0.29) is 29.9 Å². The van der Waals surface area contributed by atoms with Gasteiger partial charge in [-0.25, -0.2) is 8.42 Å². The minimum atomic E-state index is -3.92. The van der Waals surface area contributed by atoms with Crippen molar-refractivity contribution in [1.29, 1.82) is 0 Å². The number of carbonyl (C=O) groups is 2. The number of carbonyl (C=O) groups excluding carboxylic acids is 2. The molecular formula is C25H34ClN3O6S. The molecule has 0 aliphatic rings. The number of rotatable bonds is 12. The van der Waals surface area contributed by atoms with Crippen molar-refractivity contribution in [1.82, 2.24) is 10.2 Å². The van der Waals surface area contributed by atoms with Crippen molar-refractivity contribution >= 4 is 39.1 Å². The van der Waals surface area contributed by atoms with Crippen molar-refractivity contribution < 1.29 is 27.5 Å². The molecule has 2 atom stereocenters. The molecule has 0 unspecified atom stereocenters. The van der Waals surface area contributed by atoms with Crippen LogP contribution in [-0.2, 0) is 26.2 Å². The standard InChI is InChI=1S/C25H34ClN3O6S/c1-7-17(2)27-25(31)18(3)28(15-19-8-10-20(26)11-9-19)24(30)16-29(36(6,32)33)22-14-21(34-4)12-13-23(22)35-5/h8-14,17-18H,7,15-16H2,1-6H3,(H,27,31)/t17-,18-/m1/s1. The Hall–Kier alpha value is -2.98. The lowest BCUT2D eigenvalue weighted by Gasteiger charge is -2.32. The third-order valence-corrected chi connectivity index (χ3v) is 7.15. The molecule has 0 aliphatic heterocycles. The van der Waals surface area contributed by atoms with Crippen LogP contribution in [0.1, 0.15) is 32.8 Å². The average molecular weight is 540 g/mol. The van der Waals surface area contributed by atoms with Crippen LogP contribution in [0, 0.1) is 0 Å². The van der Waals surface area contributed by atoms with Gasteiger partial charge in [0.25, 0.3) is 0 Å². The van der Waals surface area contributed by atoms with E-state index in [9.17, 15) is 18.0 Å². The first kappa shape index (κ1) is 29.3. The van der Waals surface area contributed by atoms with Crippen LogP contribution >= 0.6 is 11.6 Å². The van der Waals surface area contributed by atoms with E-state index >= 15 is 0 Å². The van der Waals surface area contributed by atoms with Gasteiger partial charge in [-0.15, -0.1) is 0 Å². The highest BCUT2D eigenvalue weighted by Gasteiger charge is 2.31. The Morgan fingerprint density at radius 1 is 1.06 bits per heavy atom. The second-order valence-electron chi connectivity index (χ2n) is 8.45. The Bertz CT molecular complexity index is 1160. The maximum absolute atomic E-state index is 13.6. The first-order valence-corrected chi connectivity index (χ1v) is 13.7. The second kappa shape index (κ2) is 12.8. The number of nitrogens with one attached hydrogen (secondary N) is 1. The van der Waals surface area contributed by atoms with E-state index in [1.165, 1.54) is 25.2 Å². The van der Waals surface area contributed by atoms with Gasteiger partial charge in [-0.3, -0.25) is 13.9 Å². The molecule has 1 N–H and O–H groups in total. The summed E-state index contributed by atoms with van der Waals surface area (Å²) >= 11 is 6.00. The molecule has 0 radical (unpaired) electrons. The molecule has 0 aliphatic carbocycles. The average Bonchev–Trinajstić information content (AvgIpc) is 2.85. The molecule has 2 rings (SSSR count). The molecule has 2 amide bonds. The molecule has 9 nitrogen and oxygen atoms in total. The van der Waals surface area contributed by atoms with Crippen LogP contribution in [0.25, 0.3) is 0 Å². The van der Waals surface area contributed by atoms with E-state index in [2.05, 4.69) is 5.32 Å². The zero-order valence-corrected chi connectivity index (χ0v) is 23.0. The predicted molar refractivity (Wildman–Crippen MR) is 141 cm³/mol. The summed E-state index contributed by atoms with van der Waals surface area (Å²) in [5, 5.41) is 3.42. The van der Waals surface area contributed by atoms with Gasteiger partial charge < -0.3 is 19.7 Å². The number of ether oxygens (including phenoxy) is 2. The molecule has 0 saturated carbocycles. The van der Waals surface area contributed by atoms with Gasteiger partial charge in [0.2, 0.25) is 21.8 Å². The van der Waals surface area contributed by atoms with Crippen LogP contribution < -0.4 is 19.1 Å². The quantitative estimate of drug-likeness (QED) is 0.443. The van der Waals surface area contributed by atoms with Crippen LogP contribution in [0.4, 0.5) is 5.69 Å². The number of benzene rings is 2. The number of nitrogens with zero attached hydrogens (tertiary/aromatic N) is 2. The van der Waals surface area contributed by atoms with Crippen molar-refractivity contribution in [2.45, 2.75) is 45.8 Å². The first-order chi connectivity index (χ1) is 16.9. The minimum Gasteiger partial charge on any atom is -0.497 e. The van der Waals surface area contributed by atoms with Crippen LogP contribution in [-0.4, -0.2) is 64.2 Å². The highest BCUT2D eigenvalue weighted by Crippen LogP contribution is 2.34. The number of anilines is 1. The molecule has 0 saturated heterocycles. The highest BCUT2D eigenvalue weighted by atomic mass is 35.5. The van der Waals surface area contributed by atoms with Crippen molar-refractivity contribution in [2.24, 2.45) is 0 Å². The van der Waals surface area contributed by atoms with Gasteiger partial charge in [-0.2, -0.15) is 0 Å². The Kier molecular flexibility index (Phi) is 10.4. The normalized spacial score (nSPS) is 12.9. The summed E-state index contributed by atoms with van der Waals surface area (Å²) in [6, 6.07) is 10.6. The fraction of sp³-hybridized carbons (Fsp3) is 0.440. The highest BCUT2D eigenvalue weighted by molar-refractivity contribution is 7.92. The third kappa shape index (κ3) is 7.76.